The maximum absolute atomic E-state index is 9.43. The molecule has 12 heavy (non-hydrogen) atoms. The maximum Gasteiger partial charge on any atom is 0.0773 e. The molecule has 1 saturated carbocycles. The summed E-state index contributed by atoms with van der Waals surface area (Å²) in [5, 5.41) is 9.43. The average molecular weight is 172 g/mol. The molecule has 0 radical (unpaired) electrons. The van der Waals surface area contributed by atoms with Gasteiger partial charge in [0.2, 0.25) is 0 Å². The molecule has 2 heteroatoms. The van der Waals surface area contributed by atoms with Crippen LogP contribution in [-0.4, -0.2) is 24.4 Å². The van der Waals surface area contributed by atoms with Gasteiger partial charge in [-0.1, -0.05) is 19.8 Å². The molecule has 1 fully saturated rings. The zero-order valence-electron chi connectivity index (χ0n) is 7.96. The summed E-state index contributed by atoms with van der Waals surface area (Å²) in [6.07, 6.45) is 5.68. The van der Waals surface area contributed by atoms with Crippen molar-refractivity contribution in [3.05, 3.63) is 0 Å². The number of aliphatic hydroxyl groups excluding tert-OH is 1. The van der Waals surface area contributed by atoms with Gasteiger partial charge in [0.1, 0.15) is 0 Å². The van der Waals surface area contributed by atoms with Crippen molar-refractivity contribution >= 4 is 0 Å². The second kappa shape index (κ2) is 5.55. The molecule has 1 unspecified atom stereocenters. The Morgan fingerprint density at radius 2 is 2.25 bits per heavy atom. The van der Waals surface area contributed by atoms with E-state index in [1.165, 1.54) is 19.3 Å². The minimum absolute atomic E-state index is 0.225. The van der Waals surface area contributed by atoms with Gasteiger partial charge in [-0.05, 0) is 25.2 Å². The Hall–Kier alpha value is -0.0800. The fourth-order valence-corrected chi connectivity index (χ4v) is 1.28. The quantitative estimate of drug-likeness (QED) is 0.595. The lowest BCUT2D eigenvalue weighted by molar-refractivity contribution is 0.0312. The molecule has 0 aliphatic heterocycles. The Morgan fingerprint density at radius 3 is 2.83 bits per heavy atom. The van der Waals surface area contributed by atoms with Gasteiger partial charge >= 0.3 is 0 Å². The van der Waals surface area contributed by atoms with Crippen LogP contribution in [-0.2, 0) is 4.74 Å². The van der Waals surface area contributed by atoms with Crippen LogP contribution >= 0.6 is 0 Å². The van der Waals surface area contributed by atoms with E-state index in [4.69, 9.17) is 4.74 Å². The second-order valence-corrected chi connectivity index (χ2v) is 3.75. The number of ether oxygens (including phenoxy) is 1. The number of aliphatic hydroxyl groups is 1. The molecule has 0 aromatic rings. The summed E-state index contributed by atoms with van der Waals surface area (Å²) in [7, 11) is 0. The first-order valence-corrected chi connectivity index (χ1v) is 5.08. The van der Waals surface area contributed by atoms with Gasteiger partial charge in [-0.2, -0.15) is 0 Å². The van der Waals surface area contributed by atoms with Crippen molar-refractivity contribution in [1.82, 2.24) is 0 Å². The Labute approximate surface area is 74.9 Å². The maximum atomic E-state index is 9.43. The van der Waals surface area contributed by atoms with Gasteiger partial charge in [0.15, 0.2) is 0 Å². The van der Waals surface area contributed by atoms with Crippen LogP contribution in [0.15, 0.2) is 0 Å². The van der Waals surface area contributed by atoms with Crippen LogP contribution in [0.4, 0.5) is 0 Å². The lowest BCUT2D eigenvalue weighted by atomic mass is 10.1. The van der Waals surface area contributed by atoms with Crippen LogP contribution in [0.5, 0.6) is 0 Å². The van der Waals surface area contributed by atoms with Crippen molar-refractivity contribution in [3.63, 3.8) is 0 Å². The third-order valence-corrected chi connectivity index (χ3v) is 2.26. The third-order valence-electron chi connectivity index (χ3n) is 2.26. The highest BCUT2D eigenvalue weighted by molar-refractivity contribution is 4.74. The van der Waals surface area contributed by atoms with Crippen LogP contribution in [0.1, 0.15) is 39.0 Å². The summed E-state index contributed by atoms with van der Waals surface area (Å²) < 4.78 is 5.25. The molecular weight excluding hydrogens is 152 g/mol. The molecule has 72 valence electrons. The first-order chi connectivity index (χ1) is 5.83. The summed E-state index contributed by atoms with van der Waals surface area (Å²) >= 11 is 0. The molecule has 1 aliphatic rings. The lowest BCUT2D eigenvalue weighted by Crippen LogP contribution is -2.15. The fraction of sp³-hybridized carbons (Fsp3) is 1.00. The molecule has 0 heterocycles. The molecular formula is C10H20O2. The topological polar surface area (TPSA) is 29.5 Å². The summed E-state index contributed by atoms with van der Waals surface area (Å²) in [5.41, 5.74) is 0. The summed E-state index contributed by atoms with van der Waals surface area (Å²) in [5.74, 6) is 0.922. The first kappa shape index (κ1) is 10.0. The minimum atomic E-state index is -0.225. The van der Waals surface area contributed by atoms with E-state index in [9.17, 15) is 5.11 Å². The lowest BCUT2D eigenvalue weighted by Gasteiger charge is -2.09. The Morgan fingerprint density at radius 1 is 1.50 bits per heavy atom. The largest absolute Gasteiger partial charge is 0.391 e. The van der Waals surface area contributed by atoms with Crippen molar-refractivity contribution in [1.29, 1.82) is 0 Å². The molecule has 1 aliphatic carbocycles. The average Bonchev–Trinajstić information content (AvgIpc) is 2.84. The van der Waals surface area contributed by atoms with Gasteiger partial charge in [0, 0.05) is 6.61 Å². The van der Waals surface area contributed by atoms with E-state index in [1.807, 2.05) is 0 Å². The highest BCUT2D eigenvalue weighted by atomic mass is 16.5. The first-order valence-electron chi connectivity index (χ1n) is 5.08. The molecule has 0 aromatic carbocycles. The Kier molecular flexibility index (Phi) is 4.62. The highest BCUT2D eigenvalue weighted by Crippen LogP contribution is 2.33. The molecule has 1 N–H and O–H groups in total. The van der Waals surface area contributed by atoms with Crippen molar-refractivity contribution in [3.8, 4) is 0 Å². The Bertz CT molecular complexity index is 110. The predicted molar refractivity (Wildman–Crippen MR) is 49.1 cm³/mol. The summed E-state index contributed by atoms with van der Waals surface area (Å²) in [4.78, 5) is 0. The zero-order chi connectivity index (χ0) is 8.81. The van der Waals surface area contributed by atoms with Crippen LogP contribution in [0.2, 0.25) is 0 Å². The molecule has 0 aromatic heterocycles. The van der Waals surface area contributed by atoms with E-state index in [0.29, 0.717) is 6.61 Å². The molecule has 0 amide bonds. The minimum Gasteiger partial charge on any atom is -0.391 e. The van der Waals surface area contributed by atoms with Crippen molar-refractivity contribution in [2.45, 2.75) is 45.1 Å². The van der Waals surface area contributed by atoms with Crippen LogP contribution in [0, 0.1) is 5.92 Å². The van der Waals surface area contributed by atoms with Crippen LogP contribution < -0.4 is 0 Å². The van der Waals surface area contributed by atoms with Crippen molar-refractivity contribution in [2.75, 3.05) is 13.2 Å². The monoisotopic (exact) mass is 172 g/mol. The zero-order valence-corrected chi connectivity index (χ0v) is 7.96. The van der Waals surface area contributed by atoms with Crippen LogP contribution in [0.25, 0.3) is 0 Å². The SMILES string of the molecule is CCCOCC(O)CCC1CC1. The standard InChI is InChI=1S/C10H20O2/c1-2-7-12-8-10(11)6-5-9-3-4-9/h9-11H,2-8H2,1H3. The van der Waals surface area contributed by atoms with E-state index < -0.39 is 0 Å². The normalized spacial score (nSPS) is 19.5. The summed E-state index contributed by atoms with van der Waals surface area (Å²) in [6, 6.07) is 0. The van der Waals surface area contributed by atoms with Gasteiger partial charge in [0.05, 0.1) is 12.7 Å². The van der Waals surface area contributed by atoms with Crippen molar-refractivity contribution in [2.24, 2.45) is 5.92 Å². The summed E-state index contributed by atoms with van der Waals surface area (Å²) in [6.45, 7) is 3.39. The molecule has 0 saturated heterocycles. The smallest absolute Gasteiger partial charge is 0.0773 e. The highest BCUT2D eigenvalue weighted by Gasteiger charge is 2.21. The molecule has 1 rings (SSSR count). The van der Waals surface area contributed by atoms with Gasteiger partial charge in [-0.3, -0.25) is 0 Å². The van der Waals surface area contributed by atoms with E-state index in [-0.39, 0.29) is 6.10 Å². The van der Waals surface area contributed by atoms with Gasteiger partial charge in [-0.15, -0.1) is 0 Å². The molecule has 1 atom stereocenters. The number of rotatable bonds is 7. The molecule has 0 bridgehead atoms. The van der Waals surface area contributed by atoms with E-state index in [0.717, 1.165) is 25.4 Å². The van der Waals surface area contributed by atoms with Gasteiger partial charge in [0.25, 0.3) is 0 Å². The predicted octanol–water partition coefficient (Wildman–Crippen LogP) is 1.96. The number of hydrogen-bond donors (Lipinski definition) is 1. The van der Waals surface area contributed by atoms with E-state index >= 15 is 0 Å². The molecule has 2 nitrogen and oxygen atoms in total. The Balaban J connectivity index is 1.84. The van der Waals surface area contributed by atoms with Crippen molar-refractivity contribution < 1.29 is 9.84 Å². The van der Waals surface area contributed by atoms with Gasteiger partial charge < -0.3 is 9.84 Å². The third kappa shape index (κ3) is 4.73. The fourth-order valence-electron chi connectivity index (χ4n) is 1.28. The van der Waals surface area contributed by atoms with E-state index in [2.05, 4.69) is 6.92 Å². The van der Waals surface area contributed by atoms with Gasteiger partial charge in [-0.25, -0.2) is 0 Å². The second-order valence-electron chi connectivity index (χ2n) is 3.75. The molecule has 0 spiro atoms. The van der Waals surface area contributed by atoms with E-state index in [1.54, 1.807) is 0 Å². The van der Waals surface area contributed by atoms with Crippen LogP contribution in [0.3, 0.4) is 0 Å². The number of hydrogen-bond acceptors (Lipinski definition) is 2.